The third kappa shape index (κ3) is 3.80. The van der Waals surface area contributed by atoms with Crippen LogP contribution in [0.4, 0.5) is 0 Å². The first-order valence-corrected chi connectivity index (χ1v) is 6.30. The second kappa shape index (κ2) is 6.15. The Kier molecular flexibility index (Phi) is 5.12. The summed E-state index contributed by atoms with van der Waals surface area (Å²) in [4.78, 5) is 4.27. The van der Waals surface area contributed by atoms with Crippen molar-refractivity contribution in [1.82, 2.24) is 10.3 Å². The van der Waals surface area contributed by atoms with E-state index >= 15 is 0 Å². The minimum absolute atomic E-state index is 0. The monoisotopic (exact) mass is 268 g/mol. The summed E-state index contributed by atoms with van der Waals surface area (Å²) in [5.74, 6) is 0. The van der Waals surface area contributed by atoms with Crippen LogP contribution in [0.1, 0.15) is 25.1 Å². The standard InChI is InChI=1S/C13H16N2S.ClH/c1-13(2,11-6-4-3-5-7-11)15-8-12-9-16-10-14-12;/h3-7,9-10,15H,8H2,1-2H3;1H. The van der Waals surface area contributed by atoms with Crippen molar-refractivity contribution in [3.63, 3.8) is 0 Å². The fourth-order valence-electron chi connectivity index (χ4n) is 1.59. The van der Waals surface area contributed by atoms with Crippen LogP contribution in [0, 0.1) is 0 Å². The Bertz CT molecular complexity index is 426. The quantitative estimate of drug-likeness (QED) is 0.917. The molecule has 2 aromatic rings. The van der Waals surface area contributed by atoms with E-state index in [2.05, 4.69) is 53.8 Å². The molecule has 0 aliphatic heterocycles. The van der Waals surface area contributed by atoms with Gasteiger partial charge in [0.1, 0.15) is 0 Å². The highest BCUT2D eigenvalue weighted by molar-refractivity contribution is 7.07. The lowest BCUT2D eigenvalue weighted by atomic mass is 9.94. The van der Waals surface area contributed by atoms with Crippen molar-refractivity contribution in [3.8, 4) is 0 Å². The molecule has 0 radical (unpaired) electrons. The van der Waals surface area contributed by atoms with Crippen molar-refractivity contribution in [2.45, 2.75) is 25.9 Å². The fourth-order valence-corrected chi connectivity index (χ4v) is 2.15. The number of hydrogen-bond acceptors (Lipinski definition) is 3. The number of nitrogens with one attached hydrogen (secondary N) is 1. The summed E-state index contributed by atoms with van der Waals surface area (Å²) in [7, 11) is 0. The van der Waals surface area contributed by atoms with E-state index in [1.165, 1.54) is 5.56 Å². The van der Waals surface area contributed by atoms with Gasteiger partial charge < -0.3 is 5.32 Å². The van der Waals surface area contributed by atoms with Gasteiger partial charge in [-0.25, -0.2) is 4.98 Å². The summed E-state index contributed by atoms with van der Waals surface area (Å²) < 4.78 is 0. The first kappa shape index (κ1) is 14.2. The van der Waals surface area contributed by atoms with Gasteiger partial charge in [-0.15, -0.1) is 23.7 Å². The van der Waals surface area contributed by atoms with Crippen LogP contribution in [-0.4, -0.2) is 4.98 Å². The predicted octanol–water partition coefficient (Wildman–Crippen LogP) is 3.59. The molecule has 4 heteroatoms. The maximum atomic E-state index is 4.27. The normalized spacial score (nSPS) is 10.9. The van der Waals surface area contributed by atoms with Crippen molar-refractivity contribution >= 4 is 23.7 Å². The zero-order valence-electron chi connectivity index (χ0n) is 10.0. The van der Waals surface area contributed by atoms with Crippen LogP contribution < -0.4 is 5.32 Å². The van der Waals surface area contributed by atoms with E-state index in [-0.39, 0.29) is 17.9 Å². The molecule has 92 valence electrons. The average Bonchev–Trinajstić information content (AvgIpc) is 2.81. The molecule has 17 heavy (non-hydrogen) atoms. The molecule has 0 aliphatic rings. The molecule has 0 amide bonds. The molecular weight excluding hydrogens is 252 g/mol. The molecule has 0 bridgehead atoms. The first-order valence-electron chi connectivity index (χ1n) is 5.36. The first-order chi connectivity index (χ1) is 7.68. The summed E-state index contributed by atoms with van der Waals surface area (Å²) in [6.07, 6.45) is 0. The maximum Gasteiger partial charge on any atom is 0.0795 e. The van der Waals surface area contributed by atoms with Gasteiger partial charge in [-0.1, -0.05) is 30.3 Å². The van der Waals surface area contributed by atoms with Crippen LogP contribution in [-0.2, 0) is 12.1 Å². The van der Waals surface area contributed by atoms with Gasteiger partial charge in [0.15, 0.2) is 0 Å². The molecule has 0 unspecified atom stereocenters. The van der Waals surface area contributed by atoms with E-state index in [1.807, 2.05) is 11.6 Å². The Morgan fingerprint density at radius 3 is 2.53 bits per heavy atom. The SMILES string of the molecule is CC(C)(NCc1cscn1)c1ccccc1.Cl. The van der Waals surface area contributed by atoms with Crippen LogP contribution in [0.25, 0.3) is 0 Å². The van der Waals surface area contributed by atoms with E-state index in [1.54, 1.807) is 11.3 Å². The number of benzene rings is 1. The Hall–Kier alpha value is -0.900. The maximum absolute atomic E-state index is 4.27. The minimum Gasteiger partial charge on any atom is -0.302 e. The molecule has 0 spiro atoms. The van der Waals surface area contributed by atoms with Gasteiger partial charge in [0.2, 0.25) is 0 Å². The van der Waals surface area contributed by atoms with E-state index < -0.39 is 0 Å². The van der Waals surface area contributed by atoms with Gasteiger partial charge in [-0.05, 0) is 19.4 Å². The summed E-state index contributed by atoms with van der Waals surface area (Å²) in [6.45, 7) is 5.19. The number of nitrogens with zero attached hydrogens (tertiary/aromatic N) is 1. The second-order valence-corrected chi connectivity index (χ2v) is 5.04. The minimum atomic E-state index is -0.0229. The van der Waals surface area contributed by atoms with Crippen molar-refractivity contribution in [3.05, 3.63) is 52.5 Å². The lowest BCUT2D eigenvalue weighted by molar-refractivity contribution is 0.399. The lowest BCUT2D eigenvalue weighted by Gasteiger charge is -2.26. The van der Waals surface area contributed by atoms with Gasteiger partial charge >= 0.3 is 0 Å². The molecular formula is C13H17ClN2S. The molecule has 1 heterocycles. The van der Waals surface area contributed by atoms with Crippen molar-refractivity contribution in [2.24, 2.45) is 0 Å². The summed E-state index contributed by atoms with van der Waals surface area (Å²) in [5.41, 5.74) is 4.25. The summed E-state index contributed by atoms with van der Waals surface area (Å²) >= 11 is 1.63. The zero-order valence-corrected chi connectivity index (χ0v) is 11.6. The van der Waals surface area contributed by atoms with Crippen LogP contribution in [0.15, 0.2) is 41.2 Å². The molecule has 1 aromatic carbocycles. The third-order valence-corrected chi connectivity index (χ3v) is 3.33. The third-order valence-electron chi connectivity index (χ3n) is 2.69. The van der Waals surface area contributed by atoms with Gasteiger partial charge in [0, 0.05) is 17.5 Å². The van der Waals surface area contributed by atoms with Crippen molar-refractivity contribution in [2.75, 3.05) is 0 Å². The van der Waals surface area contributed by atoms with Crippen LogP contribution >= 0.6 is 23.7 Å². The Balaban J connectivity index is 0.00000144. The molecule has 1 aromatic heterocycles. The van der Waals surface area contributed by atoms with Gasteiger partial charge in [0.25, 0.3) is 0 Å². The fraction of sp³-hybridized carbons (Fsp3) is 0.308. The highest BCUT2D eigenvalue weighted by atomic mass is 35.5. The Labute approximate surface area is 113 Å². The van der Waals surface area contributed by atoms with Crippen molar-refractivity contribution < 1.29 is 0 Å². The highest BCUT2D eigenvalue weighted by Crippen LogP contribution is 2.19. The van der Waals surface area contributed by atoms with Gasteiger partial charge in [-0.2, -0.15) is 0 Å². The smallest absolute Gasteiger partial charge is 0.0795 e. The van der Waals surface area contributed by atoms with Crippen LogP contribution in [0.5, 0.6) is 0 Å². The number of halogens is 1. The van der Waals surface area contributed by atoms with E-state index in [0.29, 0.717) is 0 Å². The predicted molar refractivity (Wildman–Crippen MR) is 75.7 cm³/mol. The van der Waals surface area contributed by atoms with Gasteiger partial charge in [-0.3, -0.25) is 0 Å². The molecule has 1 N–H and O–H groups in total. The Morgan fingerprint density at radius 2 is 1.94 bits per heavy atom. The second-order valence-electron chi connectivity index (χ2n) is 4.32. The molecule has 2 nitrogen and oxygen atoms in total. The number of aromatic nitrogens is 1. The van der Waals surface area contributed by atoms with Crippen LogP contribution in [0.3, 0.4) is 0 Å². The number of rotatable bonds is 4. The molecule has 0 saturated heterocycles. The highest BCUT2D eigenvalue weighted by Gasteiger charge is 2.19. The average molecular weight is 269 g/mol. The number of thiazole rings is 1. The van der Waals surface area contributed by atoms with E-state index in [0.717, 1.165) is 12.2 Å². The molecule has 0 fully saturated rings. The molecule has 0 saturated carbocycles. The molecule has 0 atom stereocenters. The number of hydrogen-bond donors (Lipinski definition) is 1. The van der Waals surface area contributed by atoms with E-state index in [4.69, 9.17) is 0 Å². The summed E-state index contributed by atoms with van der Waals surface area (Å²) in [5, 5.41) is 5.60. The topological polar surface area (TPSA) is 24.9 Å². The lowest BCUT2D eigenvalue weighted by Crippen LogP contribution is -2.35. The Morgan fingerprint density at radius 1 is 1.24 bits per heavy atom. The molecule has 0 aliphatic carbocycles. The summed E-state index contributed by atoms with van der Waals surface area (Å²) in [6, 6.07) is 10.5. The zero-order chi connectivity index (χ0) is 11.4. The van der Waals surface area contributed by atoms with E-state index in [9.17, 15) is 0 Å². The van der Waals surface area contributed by atoms with Crippen molar-refractivity contribution in [1.29, 1.82) is 0 Å². The largest absolute Gasteiger partial charge is 0.302 e. The van der Waals surface area contributed by atoms with Gasteiger partial charge in [0.05, 0.1) is 11.2 Å². The van der Waals surface area contributed by atoms with Crippen LogP contribution in [0.2, 0.25) is 0 Å². The molecule has 2 rings (SSSR count).